The van der Waals surface area contributed by atoms with Crippen molar-refractivity contribution in [1.29, 1.82) is 0 Å². The maximum absolute atomic E-state index is 12.6. The molecule has 0 saturated heterocycles. The first-order chi connectivity index (χ1) is 13.2. The molecule has 0 atom stereocenters. The number of carbonyl (C=O) groups excluding carboxylic acids is 1. The van der Waals surface area contributed by atoms with E-state index in [1.54, 1.807) is 14.2 Å². The molecule has 27 heavy (non-hydrogen) atoms. The van der Waals surface area contributed by atoms with E-state index in [9.17, 15) is 4.79 Å². The molecule has 7 nitrogen and oxygen atoms in total. The third-order valence-electron chi connectivity index (χ3n) is 4.89. The highest BCUT2D eigenvalue weighted by Gasteiger charge is 2.23. The maximum atomic E-state index is 12.6. The van der Waals surface area contributed by atoms with Crippen molar-refractivity contribution in [3.8, 4) is 23.0 Å². The lowest BCUT2D eigenvalue weighted by atomic mass is 9.98. The number of rotatable bonds is 5. The van der Waals surface area contributed by atoms with E-state index < -0.39 is 0 Å². The number of methoxy groups -OCH3 is 2. The lowest BCUT2D eigenvalue weighted by Crippen LogP contribution is -2.39. The normalized spacial score (nSPS) is 14.5. The van der Waals surface area contributed by atoms with Gasteiger partial charge in [0.05, 0.1) is 20.8 Å². The summed E-state index contributed by atoms with van der Waals surface area (Å²) in [5.74, 6) is 2.88. The molecular formula is C20H22N2O5. The molecular weight excluding hydrogens is 348 g/mol. The molecule has 0 fully saturated rings. The molecule has 2 heterocycles. The van der Waals surface area contributed by atoms with Gasteiger partial charge in [0.1, 0.15) is 0 Å². The van der Waals surface area contributed by atoms with Gasteiger partial charge >= 0.3 is 0 Å². The third-order valence-corrected chi connectivity index (χ3v) is 4.89. The number of carbonyl (C=O) groups is 1. The topological polar surface area (TPSA) is 69.3 Å². The van der Waals surface area contributed by atoms with Gasteiger partial charge in [-0.25, -0.2) is 0 Å². The number of amides is 1. The van der Waals surface area contributed by atoms with Crippen molar-refractivity contribution in [3.05, 3.63) is 41.5 Å². The Bertz CT molecular complexity index is 868. The largest absolute Gasteiger partial charge is 0.493 e. The Morgan fingerprint density at radius 1 is 1.07 bits per heavy atom. The number of ether oxygens (including phenoxy) is 4. The van der Waals surface area contributed by atoms with Crippen LogP contribution in [0, 0.1) is 0 Å². The van der Waals surface area contributed by atoms with Gasteiger partial charge < -0.3 is 29.2 Å². The van der Waals surface area contributed by atoms with E-state index >= 15 is 0 Å². The van der Waals surface area contributed by atoms with Crippen LogP contribution in [0.25, 0.3) is 0 Å². The SMILES string of the molecule is COc1cc2c(cc1OC)CN(C(=O)CNc1ccc3c(c1)OCO3)CC2. The summed E-state index contributed by atoms with van der Waals surface area (Å²) in [5.41, 5.74) is 3.12. The predicted molar refractivity (Wildman–Crippen MR) is 99.7 cm³/mol. The van der Waals surface area contributed by atoms with E-state index in [1.807, 2.05) is 35.2 Å². The first-order valence-electron chi connectivity index (χ1n) is 8.83. The van der Waals surface area contributed by atoms with Crippen molar-refractivity contribution in [1.82, 2.24) is 4.90 Å². The van der Waals surface area contributed by atoms with Crippen LogP contribution in [0.1, 0.15) is 11.1 Å². The van der Waals surface area contributed by atoms with E-state index in [2.05, 4.69) is 5.32 Å². The molecule has 0 radical (unpaired) electrons. The molecule has 2 aromatic rings. The average molecular weight is 370 g/mol. The minimum atomic E-state index is 0.0492. The number of nitrogens with zero attached hydrogens (tertiary/aromatic N) is 1. The predicted octanol–water partition coefficient (Wildman–Crippen LogP) is 2.43. The summed E-state index contributed by atoms with van der Waals surface area (Å²) < 4.78 is 21.4. The van der Waals surface area contributed by atoms with Crippen LogP contribution in [-0.2, 0) is 17.8 Å². The summed E-state index contributed by atoms with van der Waals surface area (Å²) in [4.78, 5) is 14.5. The minimum absolute atomic E-state index is 0.0492. The van der Waals surface area contributed by atoms with Crippen LogP contribution in [0.3, 0.4) is 0 Å². The van der Waals surface area contributed by atoms with Crippen LogP contribution in [0.4, 0.5) is 5.69 Å². The summed E-state index contributed by atoms with van der Waals surface area (Å²) in [7, 11) is 3.25. The second-order valence-electron chi connectivity index (χ2n) is 6.46. The number of fused-ring (bicyclic) bond motifs is 2. The molecule has 0 aromatic heterocycles. The van der Waals surface area contributed by atoms with Crippen molar-refractivity contribution in [3.63, 3.8) is 0 Å². The van der Waals surface area contributed by atoms with E-state index in [4.69, 9.17) is 18.9 Å². The first kappa shape index (κ1) is 17.3. The Kier molecular flexibility index (Phi) is 4.66. The minimum Gasteiger partial charge on any atom is -0.493 e. The van der Waals surface area contributed by atoms with Crippen molar-refractivity contribution >= 4 is 11.6 Å². The fourth-order valence-electron chi connectivity index (χ4n) is 3.39. The Morgan fingerprint density at radius 3 is 2.59 bits per heavy atom. The molecule has 0 unspecified atom stereocenters. The van der Waals surface area contributed by atoms with E-state index in [0.717, 1.165) is 29.2 Å². The van der Waals surface area contributed by atoms with Crippen molar-refractivity contribution in [2.24, 2.45) is 0 Å². The molecule has 2 aliphatic heterocycles. The molecule has 0 bridgehead atoms. The average Bonchev–Trinajstić information content (AvgIpc) is 3.18. The molecule has 1 N–H and O–H groups in total. The van der Waals surface area contributed by atoms with Gasteiger partial charge in [0, 0.05) is 24.8 Å². The second kappa shape index (κ2) is 7.26. The molecule has 2 aliphatic rings. The molecule has 0 spiro atoms. The van der Waals surface area contributed by atoms with Gasteiger partial charge in [0.25, 0.3) is 0 Å². The summed E-state index contributed by atoms with van der Waals surface area (Å²) in [6.45, 7) is 1.71. The van der Waals surface area contributed by atoms with Crippen molar-refractivity contribution in [2.45, 2.75) is 13.0 Å². The van der Waals surface area contributed by atoms with Crippen LogP contribution in [0.15, 0.2) is 30.3 Å². The van der Waals surface area contributed by atoms with Crippen LogP contribution in [0.2, 0.25) is 0 Å². The van der Waals surface area contributed by atoms with Crippen LogP contribution in [0.5, 0.6) is 23.0 Å². The van der Waals surface area contributed by atoms with Crippen LogP contribution in [-0.4, -0.2) is 44.9 Å². The van der Waals surface area contributed by atoms with Gasteiger partial charge in [-0.05, 0) is 41.8 Å². The van der Waals surface area contributed by atoms with Gasteiger partial charge in [0.2, 0.25) is 12.7 Å². The summed E-state index contributed by atoms with van der Waals surface area (Å²) >= 11 is 0. The van der Waals surface area contributed by atoms with Crippen LogP contribution >= 0.6 is 0 Å². The number of nitrogens with one attached hydrogen (secondary N) is 1. The fraction of sp³-hybridized carbons (Fsp3) is 0.350. The molecule has 142 valence electrons. The Hall–Kier alpha value is -3.09. The van der Waals surface area contributed by atoms with Crippen molar-refractivity contribution < 1.29 is 23.7 Å². The zero-order chi connectivity index (χ0) is 18.8. The lowest BCUT2D eigenvalue weighted by molar-refractivity contribution is -0.130. The number of anilines is 1. The van der Waals surface area contributed by atoms with Gasteiger partial charge in [-0.2, -0.15) is 0 Å². The van der Waals surface area contributed by atoms with E-state index in [-0.39, 0.29) is 19.2 Å². The van der Waals surface area contributed by atoms with Gasteiger partial charge in [-0.1, -0.05) is 0 Å². The highest BCUT2D eigenvalue weighted by molar-refractivity contribution is 5.81. The Balaban J connectivity index is 1.40. The molecule has 2 aromatic carbocycles. The highest BCUT2D eigenvalue weighted by atomic mass is 16.7. The van der Waals surface area contributed by atoms with E-state index in [0.29, 0.717) is 24.6 Å². The standard InChI is InChI=1S/C20H22N2O5/c1-24-17-7-13-5-6-22(11-14(13)8-18(17)25-2)20(23)10-21-15-3-4-16-19(9-15)27-12-26-16/h3-4,7-9,21H,5-6,10-12H2,1-2H3. The number of benzene rings is 2. The van der Waals surface area contributed by atoms with E-state index in [1.165, 1.54) is 5.56 Å². The van der Waals surface area contributed by atoms with Gasteiger partial charge in [-0.15, -0.1) is 0 Å². The lowest BCUT2D eigenvalue weighted by Gasteiger charge is -2.30. The zero-order valence-electron chi connectivity index (χ0n) is 15.4. The summed E-state index contributed by atoms with van der Waals surface area (Å²) in [5, 5.41) is 3.16. The zero-order valence-corrected chi connectivity index (χ0v) is 15.4. The summed E-state index contributed by atoms with van der Waals surface area (Å²) in [6, 6.07) is 9.52. The second-order valence-corrected chi connectivity index (χ2v) is 6.46. The monoisotopic (exact) mass is 370 g/mol. The highest BCUT2D eigenvalue weighted by Crippen LogP contribution is 2.35. The van der Waals surface area contributed by atoms with Gasteiger partial charge in [0.15, 0.2) is 23.0 Å². The maximum Gasteiger partial charge on any atom is 0.242 e. The third kappa shape index (κ3) is 3.45. The summed E-state index contributed by atoms with van der Waals surface area (Å²) in [6.07, 6.45) is 0.797. The Morgan fingerprint density at radius 2 is 1.81 bits per heavy atom. The number of hydrogen-bond donors (Lipinski definition) is 1. The quantitative estimate of drug-likeness (QED) is 0.872. The number of hydrogen-bond acceptors (Lipinski definition) is 6. The Labute approximate surface area is 157 Å². The fourth-order valence-corrected chi connectivity index (χ4v) is 3.39. The molecule has 0 aliphatic carbocycles. The first-order valence-corrected chi connectivity index (χ1v) is 8.83. The van der Waals surface area contributed by atoms with Crippen molar-refractivity contribution in [2.75, 3.05) is 39.4 Å². The van der Waals surface area contributed by atoms with Crippen LogP contribution < -0.4 is 24.3 Å². The molecule has 1 amide bonds. The molecule has 4 rings (SSSR count). The van der Waals surface area contributed by atoms with Gasteiger partial charge in [-0.3, -0.25) is 4.79 Å². The molecule has 7 heteroatoms. The molecule has 0 saturated carbocycles. The smallest absolute Gasteiger partial charge is 0.242 e.